The van der Waals surface area contributed by atoms with E-state index in [1.807, 2.05) is 6.07 Å². The molecular formula is C14H14O4S. The van der Waals surface area contributed by atoms with Gasteiger partial charge < -0.3 is 14.6 Å². The SMILES string of the molecule is O=C(O)c1ccc(C(O)c2cc3c(s2)CCCC3)o1. The topological polar surface area (TPSA) is 70.7 Å². The van der Waals surface area contributed by atoms with Crippen molar-refractivity contribution in [3.05, 3.63) is 45.0 Å². The Morgan fingerprint density at radius 1 is 1.32 bits per heavy atom. The second-order valence-electron chi connectivity index (χ2n) is 4.71. The number of fused-ring (bicyclic) bond motifs is 1. The molecule has 0 aromatic carbocycles. The van der Waals surface area contributed by atoms with E-state index >= 15 is 0 Å². The van der Waals surface area contributed by atoms with Crippen molar-refractivity contribution in [2.45, 2.75) is 31.8 Å². The fraction of sp³-hybridized carbons (Fsp3) is 0.357. The van der Waals surface area contributed by atoms with Gasteiger partial charge in [-0.1, -0.05) is 0 Å². The van der Waals surface area contributed by atoms with Crippen LogP contribution in [0.4, 0.5) is 0 Å². The minimum Gasteiger partial charge on any atom is -0.475 e. The molecule has 0 saturated heterocycles. The molecular weight excluding hydrogens is 264 g/mol. The van der Waals surface area contributed by atoms with Gasteiger partial charge in [0.25, 0.3) is 0 Å². The number of aliphatic hydroxyl groups excluding tert-OH is 1. The van der Waals surface area contributed by atoms with Crippen molar-refractivity contribution >= 4 is 17.3 Å². The van der Waals surface area contributed by atoms with Crippen LogP contribution in [0, 0.1) is 0 Å². The minimum absolute atomic E-state index is 0.143. The summed E-state index contributed by atoms with van der Waals surface area (Å²) >= 11 is 1.60. The van der Waals surface area contributed by atoms with Crippen LogP contribution in [0.5, 0.6) is 0 Å². The highest BCUT2D eigenvalue weighted by atomic mass is 32.1. The zero-order chi connectivity index (χ0) is 13.4. The van der Waals surface area contributed by atoms with Crippen molar-refractivity contribution < 1.29 is 19.4 Å². The van der Waals surface area contributed by atoms with E-state index in [0.29, 0.717) is 0 Å². The standard InChI is InChI=1S/C14H14O4S/c15-13(9-5-6-10(18-9)14(16)17)12-7-8-3-1-2-4-11(8)19-12/h5-7,13,15H,1-4H2,(H,16,17). The number of furan rings is 1. The molecule has 3 rings (SSSR count). The van der Waals surface area contributed by atoms with Gasteiger partial charge >= 0.3 is 5.97 Å². The molecule has 0 radical (unpaired) electrons. The highest BCUT2D eigenvalue weighted by molar-refractivity contribution is 7.12. The van der Waals surface area contributed by atoms with Crippen molar-refractivity contribution in [2.75, 3.05) is 0 Å². The van der Waals surface area contributed by atoms with Crippen molar-refractivity contribution in [3.63, 3.8) is 0 Å². The third-order valence-electron chi connectivity index (χ3n) is 3.39. The Kier molecular flexibility index (Phi) is 3.16. The first kappa shape index (κ1) is 12.4. The van der Waals surface area contributed by atoms with Crippen LogP contribution in [0.15, 0.2) is 22.6 Å². The maximum absolute atomic E-state index is 10.8. The van der Waals surface area contributed by atoms with Gasteiger partial charge in [-0.2, -0.15) is 0 Å². The maximum atomic E-state index is 10.8. The molecule has 0 amide bonds. The molecule has 5 heteroatoms. The molecule has 4 nitrogen and oxygen atoms in total. The Bertz CT molecular complexity index is 587. The van der Waals surface area contributed by atoms with E-state index in [0.717, 1.165) is 17.7 Å². The lowest BCUT2D eigenvalue weighted by Crippen LogP contribution is -1.97. The Labute approximate surface area is 114 Å². The molecule has 2 aromatic rings. The normalized spacial score (nSPS) is 16.1. The fourth-order valence-electron chi connectivity index (χ4n) is 2.40. The summed E-state index contributed by atoms with van der Waals surface area (Å²) in [6.45, 7) is 0. The summed E-state index contributed by atoms with van der Waals surface area (Å²) < 4.78 is 5.15. The van der Waals surface area contributed by atoms with E-state index in [1.165, 1.54) is 35.4 Å². The zero-order valence-corrected chi connectivity index (χ0v) is 11.1. The summed E-state index contributed by atoms with van der Waals surface area (Å²) in [5.74, 6) is -0.977. The number of rotatable bonds is 3. The number of hydrogen-bond donors (Lipinski definition) is 2. The summed E-state index contributed by atoms with van der Waals surface area (Å²) in [6, 6.07) is 4.91. The van der Waals surface area contributed by atoms with E-state index < -0.39 is 12.1 Å². The second-order valence-corrected chi connectivity index (χ2v) is 5.88. The zero-order valence-electron chi connectivity index (χ0n) is 10.3. The lowest BCUT2D eigenvalue weighted by molar-refractivity contribution is 0.0655. The number of hydrogen-bond acceptors (Lipinski definition) is 4. The van der Waals surface area contributed by atoms with E-state index in [9.17, 15) is 9.90 Å². The van der Waals surface area contributed by atoms with E-state index in [4.69, 9.17) is 9.52 Å². The number of aliphatic hydroxyl groups is 1. The van der Waals surface area contributed by atoms with Gasteiger partial charge in [0, 0.05) is 9.75 Å². The smallest absolute Gasteiger partial charge is 0.371 e. The first-order valence-corrected chi connectivity index (χ1v) is 7.09. The third-order valence-corrected chi connectivity index (χ3v) is 4.68. The lowest BCUT2D eigenvalue weighted by atomic mass is 9.99. The van der Waals surface area contributed by atoms with Crippen LogP contribution in [0.1, 0.15) is 50.6 Å². The Morgan fingerprint density at radius 3 is 2.79 bits per heavy atom. The predicted octanol–water partition coefficient (Wildman–Crippen LogP) is 3.00. The number of carboxylic acids is 1. The van der Waals surface area contributed by atoms with Gasteiger partial charge in [0.1, 0.15) is 11.9 Å². The molecule has 0 bridgehead atoms. The summed E-state index contributed by atoms with van der Waals surface area (Å²) in [4.78, 5) is 12.9. The van der Waals surface area contributed by atoms with Gasteiger partial charge in [-0.15, -0.1) is 11.3 Å². The van der Waals surface area contributed by atoms with Crippen LogP contribution in [0.3, 0.4) is 0 Å². The van der Waals surface area contributed by atoms with Gasteiger partial charge in [-0.3, -0.25) is 0 Å². The lowest BCUT2D eigenvalue weighted by Gasteiger charge is -2.08. The number of carboxylic acid groups (broad SMARTS) is 1. The largest absolute Gasteiger partial charge is 0.475 e. The van der Waals surface area contributed by atoms with Gasteiger partial charge in [-0.05, 0) is 49.4 Å². The molecule has 19 heavy (non-hydrogen) atoms. The summed E-state index contributed by atoms with van der Waals surface area (Å²) in [5.41, 5.74) is 1.32. The maximum Gasteiger partial charge on any atom is 0.371 e. The van der Waals surface area contributed by atoms with Crippen molar-refractivity contribution in [2.24, 2.45) is 0 Å². The molecule has 2 N–H and O–H groups in total. The predicted molar refractivity (Wildman–Crippen MR) is 70.7 cm³/mol. The number of carbonyl (C=O) groups is 1. The highest BCUT2D eigenvalue weighted by Crippen LogP contribution is 2.35. The fourth-order valence-corrected chi connectivity index (χ4v) is 3.66. The molecule has 0 aliphatic heterocycles. The average molecular weight is 278 g/mol. The molecule has 1 atom stereocenters. The Morgan fingerprint density at radius 2 is 2.11 bits per heavy atom. The molecule has 2 aromatic heterocycles. The Balaban J connectivity index is 1.88. The summed E-state index contributed by atoms with van der Waals surface area (Å²) in [5, 5.41) is 19.1. The van der Waals surface area contributed by atoms with Crippen LogP contribution < -0.4 is 0 Å². The van der Waals surface area contributed by atoms with E-state index in [1.54, 1.807) is 11.3 Å². The van der Waals surface area contributed by atoms with Gasteiger partial charge in [-0.25, -0.2) is 4.79 Å². The van der Waals surface area contributed by atoms with Gasteiger partial charge in [0.05, 0.1) is 0 Å². The van der Waals surface area contributed by atoms with Crippen LogP contribution >= 0.6 is 11.3 Å². The van der Waals surface area contributed by atoms with Gasteiger partial charge in [0.2, 0.25) is 5.76 Å². The quantitative estimate of drug-likeness (QED) is 0.905. The first-order valence-electron chi connectivity index (χ1n) is 6.27. The highest BCUT2D eigenvalue weighted by Gasteiger charge is 2.22. The third kappa shape index (κ3) is 2.31. The van der Waals surface area contributed by atoms with Crippen molar-refractivity contribution in [1.82, 2.24) is 0 Å². The molecule has 0 saturated carbocycles. The van der Waals surface area contributed by atoms with Crippen molar-refractivity contribution in [1.29, 1.82) is 0 Å². The molecule has 2 heterocycles. The van der Waals surface area contributed by atoms with E-state index in [-0.39, 0.29) is 11.5 Å². The minimum atomic E-state index is -1.12. The van der Waals surface area contributed by atoms with Crippen molar-refractivity contribution in [3.8, 4) is 0 Å². The van der Waals surface area contributed by atoms with Gasteiger partial charge in [0.15, 0.2) is 0 Å². The molecule has 0 spiro atoms. The first-order chi connectivity index (χ1) is 9.15. The molecule has 0 fully saturated rings. The molecule has 1 aliphatic carbocycles. The summed E-state index contributed by atoms with van der Waals surface area (Å²) in [7, 11) is 0. The molecule has 1 aliphatic rings. The number of aryl methyl sites for hydroxylation is 2. The van der Waals surface area contributed by atoms with Crippen LogP contribution in [-0.4, -0.2) is 16.2 Å². The van der Waals surface area contributed by atoms with E-state index in [2.05, 4.69) is 0 Å². The van der Waals surface area contributed by atoms with Crippen LogP contribution in [-0.2, 0) is 12.8 Å². The average Bonchev–Trinajstić information content (AvgIpc) is 3.04. The monoisotopic (exact) mass is 278 g/mol. The summed E-state index contributed by atoms with van der Waals surface area (Å²) in [6.07, 6.45) is 3.67. The Hall–Kier alpha value is -1.59. The second kappa shape index (κ2) is 4.83. The molecule has 1 unspecified atom stereocenters. The number of thiophene rings is 1. The van der Waals surface area contributed by atoms with Crippen LogP contribution in [0.2, 0.25) is 0 Å². The number of aromatic carboxylic acids is 1. The van der Waals surface area contributed by atoms with Crippen LogP contribution in [0.25, 0.3) is 0 Å². The molecule has 100 valence electrons.